The van der Waals surface area contributed by atoms with E-state index in [-0.39, 0.29) is 0 Å². The molecule has 7 rings (SSSR count). The minimum atomic E-state index is 0.508. The SMILES string of the molecule is CCC1CN2Cc3c([nH]c4ccccc34)CC2CC1CC1c2[nH]c3ccccc3c2CCN1C. The van der Waals surface area contributed by atoms with Crippen molar-refractivity contribution >= 4 is 21.8 Å². The fourth-order valence-corrected chi connectivity index (χ4v) is 7.52. The van der Waals surface area contributed by atoms with Crippen molar-refractivity contribution < 1.29 is 0 Å². The van der Waals surface area contributed by atoms with Crippen LogP contribution < -0.4 is 0 Å². The number of likely N-dealkylation sites (N-methyl/N-ethyl adjacent to an activating group) is 1. The number of fused-ring (bicyclic) bond motifs is 7. The number of nitrogens with one attached hydrogen (secondary N) is 2. The van der Waals surface area contributed by atoms with Crippen molar-refractivity contribution in [3.05, 3.63) is 71.0 Å². The van der Waals surface area contributed by atoms with E-state index in [0.29, 0.717) is 12.1 Å². The van der Waals surface area contributed by atoms with E-state index in [1.165, 1.54) is 65.4 Å². The second-order valence-electron chi connectivity index (χ2n) is 11.1. The average Bonchev–Trinajstić information content (AvgIpc) is 3.42. The summed E-state index contributed by atoms with van der Waals surface area (Å²) in [5, 5.41) is 2.87. The summed E-state index contributed by atoms with van der Waals surface area (Å²) >= 11 is 0. The molecule has 4 aromatic rings. The lowest BCUT2D eigenvalue weighted by atomic mass is 9.74. The smallest absolute Gasteiger partial charge is 0.0501 e. The van der Waals surface area contributed by atoms with Crippen LogP contribution in [-0.4, -0.2) is 45.9 Å². The van der Waals surface area contributed by atoms with Gasteiger partial charge < -0.3 is 9.97 Å². The number of nitrogens with zero attached hydrogens (tertiary/aromatic N) is 2. The summed E-state index contributed by atoms with van der Waals surface area (Å²) in [6.07, 6.45) is 6.22. The van der Waals surface area contributed by atoms with Gasteiger partial charge in [-0.15, -0.1) is 0 Å². The molecule has 2 aromatic heterocycles. The molecule has 0 aliphatic carbocycles. The van der Waals surface area contributed by atoms with Gasteiger partial charge in [-0.25, -0.2) is 0 Å². The molecule has 1 saturated heterocycles. The van der Waals surface area contributed by atoms with Gasteiger partial charge in [0, 0.05) is 65.3 Å². The maximum Gasteiger partial charge on any atom is 0.0501 e. The molecule has 5 heterocycles. The van der Waals surface area contributed by atoms with Crippen LogP contribution in [0.1, 0.15) is 54.7 Å². The molecular formula is C30H36N4. The fourth-order valence-electron chi connectivity index (χ4n) is 7.52. The molecule has 4 heteroatoms. The lowest BCUT2D eigenvalue weighted by Gasteiger charge is -2.48. The molecular weight excluding hydrogens is 416 g/mol. The Kier molecular flexibility index (Phi) is 4.89. The second-order valence-corrected chi connectivity index (χ2v) is 11.1. The van der Waals surface area contributed by atoms with Gasteiger partial charge in [-0.2, -0.15) is 0 Å². The molecule has 0 amide bonds. The van der Waals surface area contributed by atoms with Crippen LogP contribution in [0.5, 0.6) is 0 Å². The van der Waals surface area contributed by atoms with Crippen molar-refractivity contribution in [1.82, 2.24) is 19.8 Å². The van der Waals surface area contributed by atoms with Crippen LogP contribution >= 0.6 is 0 Å². The van der Waals surface area contributed by atoms with Gasteiger partial charge >= 0.3 is 0 Å². The van der Waals surface area contributed by atoms with Gasteiger partial charge in [0.2, 0.25) is 0 Å². The largest absolute Gasteiger partial charge is 0.358 e. The molecule has 4 unspecified atom stereocenters. The van der Waals surface area contributed by atoms with Crippen LogP contribution in [-0.2, 0) is 19.4 Å². The Morgan fingerprint density at radius 2 is 1.65 bits per heavy atom. The number of H-pyrrole nitrogens is 2. The third-order valence-corrected chi connectivity index (χ3v) is 9.41. The maximum absolute atomic E-state index is 3.85. The summed E-state index contributed by atoms with van der Waals surface area (Å²) in [6, 6.07) is 19.0. The summed E-state index contributed by atoms with van der Waals surface area (Å²) in [5.74, 6) is 1.56. The van der Waals surface area contributed by atoms with Gasteiger partial charge in [0.25, 0.3) is 0 Å². The molecule has 176 valence electrons. The number of aromatic nitrogens is 2. The Morgan fingerprint density at radius 3 is 2.44 bits per heavy atom. The summed E-state index contributed by atoms with van der Waals surface area (Å²) in [6.45, 7) is 5.94. The van der Waals surface area contributed by atoms with Crippen LogP contribution in [0.25, 0.3) is 21.8 Å². The molecule has 2 N–H and O–H groups in total. The molecule has 0 spiro atoms. The van der Waals surface area contributed by atoms with E-state index in [9.17, 15) is 0 Å². The molecule has 0 saturated carbocycles. The quantitative estimate of drug-likeness (QED) is 0.398. The van der Waals surface area contributed by atoms with Crippen LogP contribution in [0.4, 0.5) is 0 Å². The molecule has 3 aliphatic rings. The highest BCUT2D eigenvalue weighted by Crippen LogP contribution is 2.44. The minimum Gasteiger partial charge on any atom is -0.358 e. The van der Waals surface area contributed by atoms with E-state index in [2.05, 4.69) is 82.3 Å². The van der Waals surface area contributed by atoms with Gasteiger partial charge in [-0.1, -0.05) is 49.7 Å². The Labute approximate surface area is 202 Å². The van der Waals surface area contributed by atoms with Gasteiger partial charge in [0.1, 0.15) is 0 Å². The van der Waals surface area contributed by atoms with Gasteiger partial charge in [0.05, 0.1) is 6.04 Å². The molecule has 34 heavy (non-hydrogen) atoms. The standard InChI is InChI=1S/C30H36N4/c1-3-19-17-34-18-25-23-9-5-6-10-26(23)31-28(25)16-21(34)14-20(19)15-29-30-24(12-13-33(29)2)22-8-4-7-11-27(22)32-30/h4-11,19-21,29,31-32H,3,12-18H2,1-2H3. The summed E-state index contributed by atoms with van der Waals surface area (Å²) in [7, 11) is 2.34. The first kappa shape index (κ1) is 20.8. The molecule has 4 nitrogen and oxygen atoms in total. The Hall–Kier alpha value is -2.56. The molecule has 0 radical (unpaired) electrons. The normalized spacial score (nSPS) is 27.6. The highest BCUT2D eigenvalue weighted by molar-refractivity contribution is 5.85. The summed E-state index contributed by atoms with van der Waals surface area (Å²) in [4.78, 5) is 13.0. The van der Waals surface area contributed by atoms with E-state index in [1.54, 1.807) is 11.1 Å². The zero-order chi connectivity index (χ0) is 22.8. The monoisotopic (exact) mass is 452 g/mol. The lowest BCUT2D eigenvalue weighted by molar-refractivity contribution is 0.0285. The van der Waals surface area contributed by atoms with E-state index >= 15 is 0 Å². The first-order valence-corrected chi connectivity index (χ1v) is 13.3. The number of hydrogen-bond donors (Lipinski definition) is 2. The van der Waals surface area contributed by atoms with Crippen molar-refractivity contribution in [1.29, 1.82) is 0 Å². The highest BCUT2D eigenvalue weighted by Gasteiger charge is 2.40. The minimum absolute atomic E-state index is 0.508. The first-order chi connectivity index (χ1) is 16.7. The number of aromatic amines is 2. The van der Waals surface area contributed by atoms with Crippen molar-refractivity contribution in [2.75, 3.05) is 20.1 Å². The number of hydrogen-bond acceptors (Lipinski definition) is 2. The molecule has 1 fully saturated rings. The topological polar surface area (TPSA) is 38.1 Å². The molecule has 3 aliphatic heterocycles. The first-order valence-electron chi connectivity index (χ1n) is 13.3. The number of para-hydroxylation sites is 2. The van der Waals surface area contributed by atoms with E-state index in [4.69, 9.17) is 0 Å². The number of benzene rings is 2. The van der Waals surface area contributed by atoms with E-state index in [0.717, 1.165) is 31.3 Å². The van der Waals surface area contributed by atoms with Gasteiger partial charge in [0.15, 0.2) is 0 Å². The Balaban J connectivity index is 1.18. The third kappa shape index (κ3) is 3.19. The van der Waals surface area contributed by atoms with E-state index in [1.807, 2.05) is 0 Å². The van der Waals surface area contributed by atoms with Crippen molar-refractivity contribution in [2.45, 2.75) is 57.7 Å². The van der Waals surface area contributed by atoms with Crippen LogP contribution in [0, 0.1) is 11.8 Å². The Bertz CT molecular complexity index is 1350. The molecule has 2 aromatic carbocycles. The summed E-state index contributed by atoms with van der Waals surface area (Å²) < 4.78 is 0. The average molecular weight is 453 g/mol. The Morgan fingerprint density at radius 1 is 0.912 bits per heavy atom. The predicted octanol–water partition coefficient (Wildman–Crippen LogP) is 6.04. The second kappa shape index (κ2) is 8.00. The van der Waals surface area contributed by atoms with E-state index < -0.39 is 0 Å². The summed E-state index contributed by atoms with van der Waals surface area (Å²) in [5.41, 5.74) is 8.73. The molecule has 0 bridgehead atoms. The number of rotatable bonds is 3. The lowest BCUT2D eigenvalue weighted by Crippen LogP contribution is -2.50. The molecule has 4 atom stereocenters. The van der Waals surface area contributed by atoms with Gasteiger partial charge in [-0.3, -0.25) is 9.80 Å². The zero-order valence-electron chi connectivity index (χ0n) is 20.5. The van der Waals surface area contributed by atoms with Crippen molar-refractivity contribution in [2.24, 2.45) is 11.8 Å². The predicted molar refractivity (Wildman–Crippen MR) is 140 cm³/mol. The number of piperidine rings is 1. The van der Waals surface area contributed by atoms with Crippen molar-refractivity contribution in [3.8, 4) is 0 Å². The third-order valence-electron chi connectivity index (χ3n) is 9.41. The van der Waals surface area contributed by atoms with Gasteiger partial charge in [-0.05, 0) is 61.4 Å². The van der Waals surface area contributed by atoms with Crippen LogP contribution in [0.15, 0.2) is 48.5 Å². The maximum atomic E-state index is 3.85. The fraction of sp³-hybridized carbons (Fsp3) is 0.467. The van der Waals surface area contributed by atoms with Crippen LogP contribution in [0.3, 0.4) is 0 Å². The zero-order valence-corrected chi connectivity index (χ0v) is 20.5. The van der Waals surface area contributed by atoms with Crippen molar-refractivity contribution in [3.63, 3.8) is 0 Å². The van der Waals surface area contributed by atoms with Crippen LogP contribution in [0.2, 0.25) is 0 Å². The highest BCUT2D eigenvalue weighted by atomic mass is 15.2.